The Hall–Kier alpha value is -3.07. The van der Waals surface area contributed by atoms with E-state index >= 15 is 0 Å². The number of benzene rings is 1. The minimum absolute atomic E-state index is 0.00729. The number of nitrogens with one attached hydrogen (secondary N) is 2. The summed E-state index contributed by atoms with van der Waals surface area (Å²) < 4.78 is 5.41. The molecular weight excluding hydrogens is 434 g/mol. The van der Waals surface area contributed by atoms with E-state index in [9.17, 15) is 14.4 Å². The Morgan fingerprint density at radius 2 is 1.88 bits per heavy atom. The fraction of sp³-hybridized carbons (Fsp3) is 0.560. The number of urea groups is 2. The van der Waals surface area contributed by atoms with Crippen molar-refractivity contribution in [3.63, 3.8) is 0 Å². The lowest BCUT2D eigenvalue weighted by atomic mass is 9.93. The molecule has 0 aromatic heterocycles. The molecule has 9 heteroatoms. The summed E-state index contributed by atoms with van der Waals surface area (Å²) in [4.78, 5) is 44.0. The van der Waals surface area contributed by atoms with E-state index in [4.69, 9.17) is 4.74 Å². The van der Waals surface area contributed by atoms with Crippen LogP contribution in [0.3, 0.4) is 0 Å². The molecule has 0 saturated carbocycles. The number of aryl methyl sites for hydroxylation is 1. The Morgan fingerprint density at radius 3 is 2.50 bits per heavy atom. The van der Waals surface area contributed by atoms with Gasteiger partial charge in [-0.2, -0.15) is 0 Å². The van der Waals surface area contributed by atoms with Crippen molar-refractivity contribution in [2.75, 3.05) is 46.4 Å². The third-order valence-electron chi connectivity index (χ3n) is 6.36. The summed E-state index contributed by atoms with van der Waals surface area (Å²) in [7, 11) is 1.67. The molecule has 1 aromatic carbocycles. The third kappa shape index (κ3) is 5.70. The number of piperazine rings is 1. The summed E-state index contributed by atoms with van der Waals surface area (Å²) in [5, 5.41) is 5.90. The van der Waals surface area contributed by atoms with E-state index in [1.807, 2.05) is 49.9 Å². The average molecular weight is 472 g/mol. The highest BCUT2D eigenvalue weighted by Crippen LogP contribution is 2.32. The Kier molecular flexibility index (Phi) is 8.55. The first-order valence-corrected chi connectivity index (χ1v) is 12.0. The second-order valence-electron chi connectivity index (χ2n) is 8.94. The van der Waals surface area contributed by atoms with Crippen molar-refractivity contribution in [3.8, 4) is 0 Å². The number of rotatable bonds is 7. The van der Waals surface area contributed by atoms with Crippen LogP contribution in [0.15, 0.2) is 35.5 Å². The Balaban J connectivity index is 1.88. The molecule has 2 aliphatic rings. The fourth-order valence-electron chi connectivity index (χ4n) is 4.43. The SMILES string of the molecule is CCCNC(=O)N1CCN(CC2=C(C(=O)OCC)[C@H](c3ccc(C)cc3)NC(=O)N2C)C[C@@H]1C. The third-order valence-corrected chi connectivity index (χ3v) is 6.36. The summed E-state index contributed by atoms with van der Waals surface area (Å²) in [5.41, 5.74) is 3.01. The Morgan fingerprint density at radius 1 is 1.18 bits per heavy atom. The van der Waals surface area contributed by atoms with E-state index in [0.717, 1.165) is 17.5 Å². The number of nitrogens with zero attached hydrogens (tertiary/aromatic N) is 3. The van der Waals surface area contributed by atoms with Crippen LogP contribution in [0, 0.1) is 6.92 Å². The summed E-state index contributed by atoms with van der Waals surface area (Å²) in [6.07, 6.45) is 0.890. The molecular formula is C25H37N5O4. The maximum atomic E-state index is 13.1. The maximum absolute atomic E-state index is 13.1. The Bertz CT molecular complexity index is 930. The molecule has 9 nitrogen and oxygen atoms in total. The molecule has 0 aliphatic carbocycles. The van der Waals surface area contributed by atoms with Crippen LogP contribution in [-0.4, -0.2) is 85.2 Å². The second-order valence-corrected chi connectivity index (χ2v) is 8.94. The van der Waals surface area contributed by atoms with Gasteiger partial charge in [-0.25, -0.2) is 14.4 Å². The molecule has 2 N–H and O–H groups in total. The molecule has 2 atom stereocenters. The van der Waals surface area contributed by atoms with Crippen LogP contribution < -0.4 is 10.6 Å². The van der Waals surface area contributed by atoms with Gasteiger partial charge in [-0.05, 0) is 32.8 Å². The monoisotopic (exact) mass is 471 g/mol. The number of ether oxygens (including phenoxy) is 1. The van der Waals surface area contributed by atoms with Crippen LogP contribution in [-0.2, 0) is 9.53 Å². The minimum Gasteiger partial charge on any atom is -0.463 e. The van der Waals surface area contributed by atoms with Crippen LogP contribution in [0.1, 0.15) is 44.4 Å². The lowest BCUT2D eigenvalue weighted by molar-refractivity contribution is -0.139. The first-order chi connectivity index (χ1) is 16.3. The van der Waals surface area contributed by atoms with Crippen LogP contribution in [0.2, 0.25) is 0 Å². The van der Waals surface area contributed by atoms with Crippen molar-refractivity contribution in [1.82, 2.24) is 25.3 Å². The first kappa shape index (κ1) is 25.6. The zero-order valence-electron chi connectivity index (χ0n) is 20.9. The van der Waals surface area contributed by atoms with Crippen molar-refractivity contribution in [2.24, 2.45) is 0 Å². The molecule has 1 aromatic rings. The highest BCUT2D eigenvalue weighted by atomic mass is 16.5. The van der Waals surface area contributed by atoms with E-state index in [1.54, 1.807) is 14.0 Å². The van der Waals surface area contributed by atoms with Crippen molar-refractivity contribution in [1.29, 1.82) is 0 Å². The highest BCUT2D eigenvalue weighted by molar-refractivity contribution is 5.95. The number of amides is 4. The van der Waals surface area contributed by atoms with Gasteiger partial charge in [0.15, 0.2) is 0 Å². The van der Waals surface area contributed by atoms with Gasteiger partial charge in [-0.1, -0.05) is 36.8 Å². The largest absolute Gasteiger partial charge is 0.463 e. The second kappa shape index (κ2) is 11.4. The number of esters is 1. The van der Waals surface area contributed by atoms with Gasteiger partial charge < -0.3 is 20.3 Å². The first-order valence-electron chi connectivity index (χ1n) is 12.0. The van der Waals surface area contributed by atoms with Crippen LogP contribution >= 0.6 is 0 Å². The normalized spacial score (nSPS) is 21.4. The van der Waals surface area contributed by atoms with Crippen molar-refractivity contribution in [2.45, 2.75) is 46.2 Å². The van der Waals surface area contributed by atoms with E-state index in [2.05, 4.69) is 15.5 Å². The van der Waals surface area contributed by atoms with Gasteiger partial charge in [0.2, 0.25) is 0 Å². The van der Waals surface area contributed by atoms with Gasteiger partial charge in [0, 0.05) is 51.5 Å². The average Bonchev–Trinajstić information content (AvgIpc) is 2.81. The number of carbonyl (C=O) groups excluding carboxylic acids is 3. The quantitative estimate of drug-likeness (QED) is 0.597. The molecule has 4 amide bonds. The molecule has 1 fully saturated rings. The van der Waals surface area contributed by atoms with E-state index in [0.29, 0.717) is 44.0 Å². The molecule has 0 bridgehead atoms. The van der Waals surface area contributed by atoms with Gasteiger partial charge in [0.05, 0.1) is 18.2 Å². The van der Waals surface area contributed by atoms with Crippen LogP contribution in [0.4, 0.5) is 9.59 Å². The van der Waals surface area contributed by atoms with Crippen LogP contribution in [0.5, 0.6) is 0 Å². The van der Waals surface area contributed by atoms with Gasteiger partial charge in [0.25, 0.3) is 0 Å². The van der Waals surface area contributed by atoms with E-state index in [-0.39, 0.29) is 24.7 Å². The van der Waals surface area contributed by atoms with Gasteiger partial charge in [-0.15, -0.1) is 0 Å². The molecule has 0 spiro atoms. The molecule has 0 radical (unpaired) electrons. The van der Waals surface area contributed by atoms with Crippen LogP contribution in [0.25, 0.3) is 0 Å². The van der Waals surface area contributed by atoms with Crippen molar-refractivity contribution >= 4 is 18.0 Å². The zero-order chi connectivity index (χ0) is 24.8. The summed E-state index contributed by atoms with van der Waals surface area (Å²) in [6, 6.07) is 6.90. The summed E-state index contributed by atoms with van der Waals surface area (Å²) in [5.74, 6) is -0.430. The van der Waals surface area contributed by atoms with Crippen molar-refractivity contribution in [3.05, 3.63) is 46.7 Å². The molecule has 0 unspecified atom stereocenters. The predicted molar refractivity (Wildman–Crippen MR) is 130 cm³/mol. The molecule has 2 aliphatic heterocycles. The maximum Gasteiger partial charge on any atom is 0.338 e. The van der Waals surface area contributed by atoms with Gasteiger partial charge in [-0.3, -0.25) is 9.80 Å². The topological polar surface area (TPSA) is 94.2 Å². The predicted octanol–water partition coefficient (Wildman–Crippen LogP) is 2.63. The van der Waals surface area contributed by atoms with Gasteiger partial charge in [0.1, 0.15) is 0 Å². The number of hydrogen-bond acceptors (Lipinski definition) is 5. The lowest BCUT2D eigenvalue weighted by Crippen LogP contribution is -2.58. The molecule has 3 rings (SSSR count). The molecule has 186 valence electrons. The number of carbonyl (C=O) groups is 3. The van der Waals surface area contributed by atoms with E-state index < -0.39 is 12.0 Å². The fourth-order valence-corrected chi connectivity index (χ4v) is 4.43. The smallest absolute Gasteiger partial charge is 0.338 e. The summed E-state index contributed by atoms with van der Waals surface area (Å²) in [6.45, 7) is 11.0. The standard InChI is InChI=1S/C25H37N5O4/c1-6-12-26-24(32)30-14-13-29(15-18(30)4)16-20-21(23(31)34-7-2)22(27-25(33)28(20)5)19-10-8-17(3)9-11-19/h8-11,18,22H,6-7,12-16H2,1-5H3,(H,26,32)(H,27,33)/t18-,22-/m0/s1. The van der Waals surface area contributed by atoms with E-state index in [1.165, 1.54) is 4.90 Å². The molecule has 2 heterocycles. The molecule has 34 heavy (non-hydrogen) atoms. The van der Waals surface area contributed by atoms with Gasteiger partial charge >= 0.3 is 18.0 Å². The number of hydrogen-bond donors (Lipinski definition) is 2. The number of likely N-dealkylation sites (N-methyl/N-ethyl adjacent to an activating group) is 1. The van der Waals surface area contributed by atoms with Crippen molar-refractivity contribution < 1.29 is 19.1 Å². The Labute approximate surface area is 202 Å². The summed E-state index contributed by atoms with van der Waals surface area (Å²) >= 11 is 0. The molecule has 1 saturated heterocycles. The lowest BCUT2D eigenvalue weighted by Gasteiger charge is -2.42. The minimum atomic E-state index is -0.586. The highest BCUT2D eigenvalue weighted by Gasteiger charge is 2.38. The zero-order valence-corrected chi connectivity index (χ0v) is 20.9.